The number of hydrogen-bond acceptors (Lipinski definition) is 4. The second-order valence-electron chi connectivity index (χ2n) is 5.80. The van der Waals surface area contributed by atoms with Crippen molar-refractivity contribution in [3.63, 3.8) is 0 Å². The molecule has 0 aliphatic heterocycles. The smallest absolute Gasteiger partial charge is 0.214 e. The van der Waals surface area contributed by atoms with Crippen LogP contribution >= 0.6 is 0 Å². The van der Waals surface area contributed by atoms with E-state index in [0.29, 0.717) is 12.2 Å². The molecule has 0 spiro atoms. The van der Waals surface area contributed by atoms with Gasteiger partial charge in [0.1, 0.15) is 5.70 Å². The van der Waals surface area contributed by atoms with E-state index >= 15 is 0 Å². The normalized spacial score (nSPS) is 17.6. The van der Waals surface area contributed by atoms with Gasteiger partial charge in [0.25, 0.3) is 0 Å². The second kappa shape index (κ2) is 6.97. The average molecular weight is 302 g/mol. The van der Waals surface area contributed by atoms with Crippen molar-refractivity contribution in [2.75, 3.05) is 6.54 Å². The Hall–Kier alpha value is -1.81. The third-order valence-electron chi connectivity index (χ3n) is 4.30. The lowest BCUT2D eigenvalue weighted by Crippen LogP contribution is -2.48. The maximum atomic E-state index is 11.5. The molecule has 0 aromatic heterocycles. The van der Waals surface area contributed by atoms with Crippen LogP contribution in [0.3, 0.4) is 0 Å². The molecule has 1 aromatic carbocycles. The van der Waals surface area contributed by atoms with Crippen molar-refractivity contribution in [2.24, 2.45) is 5.73 Å². The van der Waals surface area contributed by atoms with Crippen LogP contribution in [0.2, 0.25) is 0 Å². The first-order valence-corrected chi connectivity index (χ1v) is 8.10. The van der Waals surface area contributed by atoms with Gasteiger partial charge in [-0.2, -0.15) is 0 Å². The first kappa shape index (κ1) is 16.6. The standard InChI is InChI=1S/C18H26N2O2/c1-4-9-20(16-15(19)17(21)18(16)22)11-14-10-12(5-2)7-8-13(14)6-3/h7-8,10,18,22H,4-6,9,11,19H2,1-3H3. The van der Waals surface area contributed by atoms with E-state index in [9.17, 15) is 9.90 Å². The molecule has 0 heterocycles. The van der Waals surface area contributed by atoms with Gasteiger partial charge in [-0.15, -0.1) is 0 Å². The van der Waals surface area contributed by atoms with Gasteiger partial charge < -0.3 is 15.7 Å². The van der Waals surface area contributed by atoms with Crippen LogP contribution in [0.4, 0.5) is 0 Å². The molecule has 22 heavy (non-hydrogen) atoms. The first-order valence-electron chi connectivity index (χ1n) is 8.10. The third kappa shape index (κ3) is 3.02. The molecule has 1 aliphatic carbocycles. The summed E-state index contributed by atoms with van der Waals surface area (Å²) in [5.41, 5.74) is 10.5. The molecule has 0 bridgehead atoms. The van der Waals surface area contributed by atoms with E-state index < -0.39 is 6.10 Å². The van der Waals surface area contributed by atoms with Crippen LogP contribution in [0.25, 0.3) is 0 Å². The minimum atomic E-state index is -1.05. The number of nitrogens with two attached hydrogens (primary N) is 1. The summed E-state index contributed by atoms with van der Waals surface area (Å²) in [6, 6.07) is 6.57. The number of benzene rings is 1. The highest BCUT2D eigenvalue weighted by molar-refractivity contribution is 6.07. The van der Waals surface area contributed by atoms with Crippen molar-refractivity contribution in [1.82, 2.24) is 4.90 Å². The number of hydrogen-bond donors (Lipinski definition) is 2. The summed E-state index contributed by atoms with van der Waals surface area (Å²) in [5.74, 6) is -0.353. The van der Waals surface area contributed by atoms with Gasteiger partial charge in [0.15, 0.2) is 6.10 Å². The number of carbonyl (C=O) groups is 1. The summed E-state index contributed by atoms with van der Waals surface area (Å²) in [6.07, 6.45) is 1.85. The van der Waals surface area contributed by atoms with Crippen LogP contribution in [0.15, 0.2) is 29.6 Å². The number of aliphatic hydroxyl groups excluding tert-OH is 1. The van der Waals surface area contributed by atoms with Gasteiger partial charge in [-0.05, 0) is 36.0 Å². The van der Waals surface area contributed by atoms with Gasteiger partial charge in [-0.25, -0.2) is 0 Å². The lowest BCUT2D eigenvalue weighted by molar-refractivity contribution is -0.126. The molecule has 0 fully saturated rings. The predicted molar refractivity (Wildman–Crippen MR) is 88.1 cm³/mol. The summed E-state index contributed by atoms with van der Waals surface area (Å²) in [5, 5.41) is 9.92. The minimum Gasteiger partial charge on any atom is -0.394 e. The Morgan fingerprint density at radius 3 is 2.45 bits per heavy atom. The molecule has 0 amide bonds. The molecule has 1 unspecified atom stereocenters. The molecule has 0 radical (unpaired) electrons. The molecule has 2 rings (SSSR count). The fourth-order valence-electron chi connectivity index (χ4n) is 2.96. The number of Topliss-reactive ketones (excluding diaryl/α,β-unsaturated/α-hetero) is 1. The molecule has 4 nitrogen and oxygen atoms in total. The Morgan fingerprint density at radius 1 is 1.18 bits per heavy atom. The molecule has 3 N–H and O–H groups in total. The van der Waals surface area contributed by atoms with Crippen molar-refractivity contribution in [3.05, 3.63) is 46.3 Å². The number of carbonyl (C=O) groups excluding carboxylic acids is 1. The topological polar surface area (TPSA) is 66.6 Å². The predicted octanol–water partition coefficient (Wildman–Crippen LogP) is 2.14. The van der Waals surface area contributed by atoms with Gasteiger partial charge in [-0.3, -0.25) is 4.79 Å². The Morgan fingerprint density at radius 2 is 1.91 bits per heavy atom. The van der Waals surface area contributed by atoms with Gasteiger partial charge in [0.05, 0.1) is 5.70 Å². The Balaban J connectivity index is 2.31. The van der Waals surface area contributed by atoms with Crippen molar-refractivity contribution >= 4 is 5.78 Å². The highest BCUT2D eigenvalue weighted by Crippen LogP contribution is 2.27. The van der Waals surface area contributed by atoms with E-state index in [1.54, 1.807) is 0 Å². The largest absolute Gasteiger partial charge is 0.394 e. The molecule has 120 valence electrons. The van der Waals surface area contributed by atoms with Gasteiger partial charge >= 0.3 is 0 Å². The molecular formula is C18H26N2O2. The summed E-state index contributed by atoms with van der Waals surface area (Å²) in [7, 11) is 0. The molecule has 0 saturated heterocycles. The zero-order valence-electron chi connectivity index (χ0n) is 13.7. The van der Waals surface area contributed by atoms with Gasteiger partial charge in [0, 0.05) is 13.1 Å². The molecule has 1 aromatic rings. The van der Waals surface area contributed by atoms with Crippen molar-refractivity contribution in [1.29, 1.82) is 0 Å². The van der Waals surface area contributed by atoms with E-state index in [1.807, 2.05) is 0 Å². The van der Waals surface area contributed by atoms with Crippen molar-refractivity contribution in [3.8, 4) is 0 Å². The van der Waals surface area contributed by atoms with Crippen molar-refractivity contribution < 1.29 is 9.90 Å². The maximum absolute atomic E-state index is 11.5. The van der Waals surface area contributed by atoms with Crippen LogP contribution in [0, 0.1) is 0 Å². The summed E-state index contributed by atoms with van der Waals surface area (Å²) in [4.78, 5) is 13.5. The maximum Gasteiger partial charge on any atom is 0.214 e. The van der Waals surface area contributed by atoms with Crippen LogP contribution in [-0.4, -0.2) is 28.4 Å². The quantitative estimate of drug-likeness (QED) is 0.810. The number of rotatable bonds is 7. The zero-order valence-corrected chi connectivity index (χ0v) is 13.7. The number of aryl methyl sites for hydroxylation is 2. The van der Waals surface area contributed by atoms with E-state index in [-0.39, 0.29) is 11.5 Å². The summed E-state index contributed by atoms with van der Waals surface area (Å²) in [6.45, 7) is 7.83. The minimum absolute atomic E-state index is 0.214. The molecule has 1 aliphatic rings. The molecule has 4 heteroatoms. The van der Waals surface area contributed by atoms with E-state index in [2.05, 4.69) is 43.9 Å². The Bertz CT molecular complexity index is 593. The Labute approximate surface area is 132 Å². The number of aliphatic hydroxyl groups is 1. The monoisotopic (exact) mass is 302 g/mol. The third-order valence-corrected chi connectivity index (χ3v) is 4.30. The number of nitrogens with zero attached hydrogens (tertiary/aromatic N) is 1. The fraction of sp³-hybridized carbons (Fsp3) is 0.500. The fourth-order valence-corrected chi connectivity index (χ4v) is 2.96. The lowest BCUT2D eigenvalue weighted by Gasteiger charge is -2.36. The lowest BCUT2D eigenvalue weighted by atomic mass is 9.93. The highest BCUT2D eigenvalue weighted by atomic mass is 16.3. The first-order chi connectivity index (χ1) is 10.5. The number of ketones is 1. The van der Waals surface area contributed by atoms with Crippen LogP contribution in [0.1, 0.15) is 43.9 Å². The Kier molecular flexibility index (Phi) is 5.24. The van der Waals surface area contributed by atoms with E-state index in [0.717, 1.165) is 25.8 Å². The second-order valence-corrected chi connectivity index (χ2v) is 5.80. The zero-order chi connectivity index (χ0) is 16.3. The van der Waals surface area contributed by atoms with Gasteiger partial charge in [0.2, 0.25) is 5.78 Å². The summed E-state index contributed by atoms with van der Waals surface area (Å²) >= 11 is 0. The summed E-state index contributed by atoms with van der Waals surface area (Å²) < 4.78 is 0. The van der Waals surface area contributed by atoms with E-state index in [1.165, 1.54) is 16.7 Å². The SMILES string of the molecule is CCCN(Cc1cc(CC)ccc1CC)C1=C(N)C(=O)C1O. The molecular weight excluding hydrogens is 276 g/mol. The highest BCUT2D eigenvalue weighted by Gasteiger charge is 2.39. The van der Waals surface area contributed by atoms with Crippen LogP contribution in [-0.2, 0) is 24.2 Å². The van der Waals surface area contributed by atoms with Crippen molar-refractivity contribution in [2.45, 2.75) is 52.7 Å². The molecule has 0 saturated carbocycles. The van der Waals surface area contributed by atoms with Gasteiger partial charge in [-0.1, -0.05) is 39.0 Å². The molecule has 1 atom stereocenters. The van der Waals surface area contributed by atoms with E-state index in [4.69, 9.17) is 5.73 Å². The average Bonchev–Trinajstić information content (AvgIpc) is 2.54. The van der Waals surface area contributed by atoms with Crippen LogP contribution in [0.5, 0.6) is 0 Å². The van der Waals surface area contributed by atoms with Crippen LogP contribution < -0.4 is 5.73 Å².